The maximum Gasteiger partial charge on any atom is 0.251 e. The second-order valence-electron chi connectivity index (χ2n) is 5.32. The molecule has 1 atom stereocenters. The summed E-state index contributed by atoms with van der Waals surface area (Å²) in [7, 11) is 0. The molecule has 116 valence electrons. The zero-order chi connectivity index (χ0) is 15.9. The molecule has 0 heterocycles. The largest absolute Gasteiger partial charge is 0.372 e. The van der Waals surface area contributed by atoms with Crippen LogP contribution in [0.15, 0.2) is 54.6 Å². The number of carbonyl (C=O) groups is 1. The monoisotopic (exact) mass is 296 g/mol. The molecule has 0 aromatic heterocycles. The summed E-state index contributed by atoms with van der Waals surface area (Å²) >= 11 is 0. The fourth-order valence-electron chi connectivity index (χ4n) is 2.52. The third-order valence-corrected chi connectivity index (χ3v) is 3.91. The molecule has 0 spiro atoms. The number of hydrogen-bond donors (Lipinski definition) is 1. The Balaban J connectivity index is 2.04. The Bertz CT molecular complexity index is 589. The first kappa shape index (κ1) is 16.1. The highest BCUT2D eigenvalue weighted by atomic mass is 16.1. The van der Waals surface area contributed by atoms with Gasteiger partial charge in [-0.15, -0.1) is 0 Å². The van der Waals surface area contributed by atoms with Crippen LogP contribution >= 0.6 is 0 Å². The number of amides is 1. The summed E-state index contributed by atoms with van der Waals surface area (Å²) < 4.78 is 0. The lowest BCUT2D eigenvalue weighted by atomic mass is 10.1. The van der Waals surface area contributed by atoms with Crippen molar-refractivity contribution in [3.63, 3.8) is 0 Å². The van der Waals surface area contributed by atoms with Crippen molar-refractivity contribution in [3.8, 4) is 0 Å². The van der Waals surface area contributed by atoms with Gasteiger partial charge in [-0.2, -0.15) is 0 Å². The summed E-state index contributed by atoms with van der Waals surface area (Å²) in [6, 6.07) is 17.8. The summed E-state index contributed by atoms with van der Waals surface area (Å²) in [5.74, 6) is -0.0394. The van der Waals surface area contributed by atoms with Crippen LogP contribution in [0.3, 0.4) is 0 Å². The van der Waals surface area contributed by atoms with Gasteiger partial charge in [0.1, 0.15) is 0 Å². The number of hydrogen-bond acceptors (Lipinski definition) is 2. The minimum atomic E-state index is -0.0394. The van der Waals surface area contributed by atoms with Crippen LogP contribution in [0, 0.1) is 0 Å². The summed E-state index contributed by atoms with van der Waals surface area (Å²) in [6.45, 7) is 8.19. The van der Waals surface area contributed by atoms with Crippen molar-refractivity contribution in [2.75, 3.05) is 18.0 Å². The van der Waals surface area contributed by atoms with E-state index in [0.717, 1.165) is 24.3 Å². The van der Waals surface area contributed by atoms with Crippen molar-refractivity contribution in [2.45, 2.75) is 26.8 Å². The van der Waals surface area contributed by atoms with E-state index in [9.17, 15) is 4.79 Å². The summed E-state index contributed by atoms with van der Waals surface area (Å²) in [6.07, 6.45) is 0. The Morgan fingerprint density at radius 2 is 1.59 bits per heavy atom. The van der Waals surface area contributed by atoms with E-state index < -0.39 is 0 Å². The molecule has 2 rings (SSSR count). The number of nitrogens with one attached hydrogen (secondary N) is 1. The average Bonchev–Trinajstić information content (AvgIpc) is 2.57. The van der Waals surface area contributed by atoms with E-state index >= 15 is 0 Å². The smallest absolute Gasteiger partial charge is 0.251 e. The van der Waals surface area contributed by atoms with Gasteiger partial charge in [0.05, 0.1) is 6.04 Å². The molecule has 1 amide bonds. The van der Waals surface area contributed by atoms with Crippen LogP contribution in [0.2, 0.25) is 0 Å². The SMILES string of the molecule is CCN(CC)c1ccc(C(=O)N[C@H](C)c2ccccc2)cc1. The quantitative estimate of drug-likeness (QED) is 0.873. The highest BCUT2D eigenvalue weighted by Crippen LogP contribution is 2.16. The molecule has 3 heteroatoms. The number of anilines is 1. The summed E-state index contributed by atoms with van der Waals surface area (Å²) in [4.78, 5) is 14.6. The van der Waals surface area contributed by atoms with Gasteiger partial charge < -0.3 is 10.2 Å². The van der Waals surface area contributed by atoms with E-state index in [-0.39, 0.29) is 11.9 Å². The van der Waals surface area contributed by atoms with Crippen molar-refractivity contribution in [2.24, 2.45) is 0 Å². The number of carbonyl (C=O) groups excluding carboxylic acids is 1. The third-order valence-electron chi connectivity index (χ3n) is 3.91. The van der Waals surface area contributed by atoms with Gasteiger partial charge in [-0.3, -0.25) is 4.79 Å². The van der Waals surface area contributed by atoms with Gasteiger partial charge in [0.15, 0.2) is 0 Å². The molecule has 0 aliphatic rings. The first-order chi connectivity index (χ1) is 10.7. The van der Waals surface area contributed by atoms with Gasteiger partial charge in [-0.1, -0.05) is 30.3 Å². The molecule has 0 saturated heterocycles. The Kier molecular flexibility index (Phi) is 5.59. The molecule has 0 aliphatic heterocycles. The molecule has 2 aromatic carbocycles. The highest BCUT2D eigenvalue weighted by molar-refractivity contribution is 5.94. The molecule has 0 saturated carbocycles. The minimum absolute atomic E-state index is 0.00356. The zero-order valence-corrected chi connectivity index (χ0v) is 13.5. The molecule has 0 radical (unpaired) electrons. The molecule has 2 aromatic rings. The Hall–Kier alpha value is -2.29. The fraction of sp³-hybridized carbons (Fsp3) is 0.316. The van der Waals surface area contributed by atoms with Crippen LogP contribution in [0.1, 0.15) is 42.7 Å². The number of nitrogens with zero attached hydrogens (tertiary/aromatic N) is 1. The topological polar surface area (TPSA) is 32.3 Å². The van der Waals surface area contributed by atoms with Crippen LogP contribution in [0.4, 0.5) is 5.69 Å². The van der Waals surface area contributed by atoms with Gasteiger partial charge in [-0.05, 0) is 50.6 Å². The first-order valence-corrected chi connectivity index (χ1v) is 7.86. The maximum atomic E-state index is 12.3. The lowest BCUT2D eigenvalue weighted by Crippen LogP contribution is -2.27. The molecule has 0 aliphatic carbocycles. The number of rotatable bonds is 6. The predicted octanol–water partition coefficient (Wildman–Crippen LogP) is 4.02. The van der Waals surface area contributed by atoms with Crippen molar-refractivity contribution >= 4 is 11.6 Å². The maximum absolute atomic E-state index is 12.3. The highest BCUT2D eigenvalue weighted by Gasteiger charge is 2.11. The van der Waals surface area contributed by atoms with Crippen molar-refractivity contribution in [3.05, 3.63) is 65.7 Å². The zero-order valence-electron chi connectivity index (χ0n) is 13.5. The van der Waals surface area contributed by atoms with Crippen LogP contribution in [-0.4, -0.2) is 19.0 Å². The van der Waals surface area contributed by atoms with Crippen LogP contribution in [0.5, 0.6) is 0 Å². The predicted molar refractivity (Wildman–Crippen MR) is 92.3 cm³/mol. The van der Waals surface area contributed by atoms with Crippen LogP contribution in [0.25, 0.3) is 0 Å². The van der Waals surface area contributed by atoms with Gasteiger partial charge in [0, 0.05) is 24.3 Å². The van der Waals surface area contributed by atoms with E-state index in [1.165, 1.54) is 0 Å². The molecule has 0 fully saturated rings. The summed E-state index contributed by atoms with van der Waals surface area (Å²) in [5, 5.41) is 3.04. The standard InChI is InChI=1S/C19H24N2O/c1-4-21(5-2)18-13-11-17(12-14-18)19(22)20-15(3)16-9-7-6-8-10-16/h6-15H,4-5H2,1-3H3,(H,20,22)/t15-/m1/s1. The normalized spacial score (nSPS) is 11.8. The molecule has 1 N–H and O–H groups in total. The minimum Gasteiger partial charge on any atom is -0.372 e. The third kappa shape index (κ3) is 3.88. The van der Waals surface area contributed by atoms with Gasteiger partial charge in [0.25, 0.3) is 5.91 Å². The molecular formula is C19H24N2O. The molecule has 0 bridgehead atoms. The Morgan fingerprint density at radius 3 is 2.14 bits per heavy atom. The Labute approximate surface area is 133 Å². The first-order valence-electron chi connectivity index (χ1n) is 7.86. The molecule has 0 unspecified atom stereocenters. The molecule has 3 nitrogen and oxygen atoms in total. The van der Waals surface area contributed by atoms with E-state index in [4.69, 9.17) is 0 Å². The van der Waals surface area contributed by atoms with Gasteiger partial charge in [0.2, 0.25) is 0 Å². The second-order valence-corrected chi connectivity index (χ2v) is 5.32. The number of benzene rings is 2. The van der Waals surface area contributed by atoms with E-state index in [0.29, 0.717) is 5.56 Å². The molecule has 22 heavy (non-hydrogen) atoms. The lowest BCUT2D eigenvalue weighted by molar-refractivity contribution is 0.0940. The fourth-order valence-corrected chi connectivity index (χ4v) is 2.52. The summed E-state index contributed by atoms with van der Waals surface area (Å²) in [5.41, 5.74) is 2.95. The van der Waals surface area contributed by atoms with E-state index in [1.54, 1.807) is 0 Å². The average molecular weight is 296 g/mol. The van der Waals surface area contributed by atoms with Crippen LogP contribution < -0.4 is 10.2 Å². The lowest BCUT2D eigenvalue weighted by Gasteiger charge is -2.21. The second kappa shape index (κ2) is 7.64. The van der Waals surface area contributed by atoms with Crippen molar-refractivity contribution < 1.29 is 4.79 Å². The van der Waals surface area contributed by atoms with Gasteiger partial charge in [-0.25, -0.2) is 0 Å². The van der Waals surface area contributed by atoms with Crippen LogP contribution in [-0.2, 0) is 0 Å². The van der Waals surface area contributed by atoms with E-state index in [1.807, 2.05) is 61.5 Å². The van der Waals surface area contributed by atoms with E-state index in [2.05, 4.69) is 24.1 Å². The van der Waals surface area contributed by atoms with Crippen molar-refractivity contribution in [1.29, 1.82) is 0 Å². The van der Waals surface area contributed by atoms with Gasteiger partial charge >= 0.3 is 0 Å². The molecular weight excluding hydrogens is 272 g/mol. The Morgan fingerprint density at radius 1 is 1.00 bits per heavy atom. The van der Waals surface area contributed by atoms with Crippen molar-refractivity contribution in [1.82, 2.24) is 5.32 Å².